The molecule has 0 amide bonds. The fraction of sp³-hybridized carbons (Fsp3) is 0.632. The van der Waals surface area contributed by atoms with Crippen LogP contribution in [0.25, 0.3) is 0 Å². The minimum absolute atomic E-state index is 0.496. The Bertz CT molecular complexity index is 1320. The van der Waals surface area contributed by atoms with Gasteiger partial charge in [-0.15, -0.1) is 5.10 Å². The van der Waals surface area contributed by atoms with E-state index in [2.05, 4.69) is 115 Å². The molecule has 4 aromatic rings. The zero-order chi connectivity index (χ0) is 32.8. The summed E-state index contributed by atoms with van der Waals surface area (Å²) in [6, 6.07) is 7.29. The number of nitrogens with zero attached hydrogens (tertiary/aromatic N) is 7. The van der Waals surface area contributed by atoms with Crippen LogP contribution in [-0.2, 0) is 0 Å². The van der Waals surface area contributed by atoms with Gasteiger partial charge in [-0.1, -0.05) is 60.6 Å². The summed E-state index contributed by atoms with van der Waals surface area (Å²) >= 11 is 0. The van der Waals surface area contributed by atoms with Gasteiger partial charge in [0.2, 0.25) is 0 Å². The van der Waals surface area contributed by atoms with Crippen molar-refractivity contribution >= 4 is 0 Å². The average Bonchev–Trinajstić information content (AvgIpc) is 3.85. The van der Waals surface area contributed by atoms with Crippen molar-refractivity contribution in [3.8, 4) is 0 Å². The molecular formula is C38H56N8. The lowest BCUT2D eigenvalue weighted by atomic mass is 10.1. The van der Waals surface area contributed by atoms with Gasteiger partial charge in [-0.05, 0) is 110 Å². The van der Waals surface area contributed by atoms with Crippen LogP contribution in [-0.4, -0.2) is 40.1 Å². The fourth-order valence-corrected chi connectivity index (χ4v) is 5.09. The van der Waals surface area contributed by atoms with Crippen LogP contribution in [0.2, 0.25) is 0 Å². The Morgan fingerprint density at radius 1 is 0.630 bits per heavy atom. The summed E-state index contributed by atoms with van der Waals surface area (Å²) in [6.07, 6.45) is 18.6. The van der Waals surface area contributed by atoms with E-state index in [0.29, 0.717) is 29.7 Å². The Hall–Kier alpha value is -3.42. The second-order valence-corrected chi connectivity index (χ2v) is 14.9. The molecule has 4 saturated carbocycles. The maximum absolute atomic E-state index is 4.35. The SMILES string of the molecule is CC(C)c1cc(C2CC2)ccn1.CC(C)c1cc(C2CC2)cnn1.CC(C)c1cn(C2CC2)nn1.CC(C)c1ncc(C2CC2)[nH]1. The third kappa shape index (κ3) is 10.3. The highest BCUT2D eigenvalue weighted by molar-refractivity contribution is 5.25. The van der Waals surface area contributed by atoms with E-state index in [-0.39, 0.29) is 0 Å². The molecule has 0 aromatic carbocycles. The molecule has 8 rings (SSSR count). The van der Waals surface area contributed by atoms with E-state index in [9.17, 15) is 0 Å². The minimum atomic E-state index is 0.496. The lowest BCUT2D eigenvalue weighted by Gasteiger charge is -2.05. The van der Waals surface area contributed by atoms with E-state index in [1.807, 2.05) is 23.3 Å². The third-order valence-electron chi connectivity index (χ3n) is 9.00. The molecule has 4 aromatic heterocycles. The number of pyridine rings is 1. The van der Waals surface area contributed by atoms with Gasteiger partial charge in [0, 0.05) is 41.8 Å². The number of rotatable bonds is 8. The maximum Gasteiger partial charge on any atom is 0.108 e. The molecule has 0 unspecified atom stereocenters. The van der Waals surface area contributed by atoms with Gasteiger partial charge in [0.05, 0.1) is 23.6 Å². The maximum atomic E-state index is 4.35. The van der Waals surface area contributed by atoms with Crippen LogP contribution in [0.4, 0.5) is 0 Å². The van der Waals surface area contributed by atoms with Gasteiger partial charge in [-0.3, -0.25) is 4.98 Å². The van der Waals surface area contributed by atoms with Gasteiger partial charge >= 0.3 is 0 Å². The second kappa shape index (κ2) is 15.4. The van der Waals surface area contributed by atoms with E-state index in [1.54, 1.807) is 0 Å². The van der Waals surface area contributed by atoms with Crippen molar-refractivity contribution in [2.45, 2.75) is 154 Å². The zero-order valence-electron chi connectivity index (χ0n) is 29.4. The predicted molar refractivity (Wildman–Crippen MR) is 185 cm³/mol. The van der Waals surface area contributed by atoms with E-state index >= 15 is 0 Å². The Morgan fingerprint density at radius 3 is 1.76 bits per heavy atom. The van der Waals surface area contributed by atoms with Crippen LogP contribution in [0.15, 0.2) is 43.0 Å². The highest BCUT2D eigenvalue weighted by atomic mass is 15.4. The number of hydrogen-bond donors (Lipinski definition) is 1. The molecule has 0 atom stereocenters. The molecule has 0 spiro atoms. The number of aromatic nitrogens is 8. The molecule has 0 bridgehead atoms. The molecule has 248 valence electrons. The van der Waals surface area contributed by atoms with Crippen molar-refractivity contribution in [2.24, 2.45) is 0 Å². The van der Waals surface area contributed by atoms with Crippen LogP contribution in [0, 0.1) is 0 Å². The van der Waals surface area contributed by atoms with E-state index < -0.39 is 0 Å². The van der Waals surface area contributed by atoms with Gasteiger partial charge in [-0.25, -0.2) is 9.67 Å². The summed E-state index contributed by atoms with van der Waals surface area (Å²) in [5, 5.41) is 16.3. The highest BCUT2D eigenvalue weighted by Gasteiger charge is 2.27. The van der Waals surface area contributed by atoms with E-state index in [0.717, 1.165) is 35.0 Å². The standard InChI is InChI=1S/C11H15N.C10H14N2.C9H14N2.C8H13N3/c1-8(2)11-7-10(5-6-12-11)9-3-4-9;1-7(2)10-5-9(6-11-12-10)8-3-4-8;1-6(2)9-10-5-8(11-9)7-3-4-7;1-6(2)8-5-11(10-9-8)7-3-4-7/h5-9H,3-4H2,1-2H3;5-8H,3-4H2,1-2H3;5-7H,3-4H2,1-2H3,(H,10,11);5-7H,3-4H2,1-2H3. The molecule has 0 radical (unpaired) electrons. The minimum Gasteiger partial charge on any atom is -0.345 e. The Labute approximate surface area is 276 Å². The Kier molecular flexibility index (Phi) is 11.4. The van der Waals surface area contributed by atoms with Crippen LogP contribution in [0.5, 0.6) is 0 Å². The number of hydrogen-bond acceptors (Lipinski definition) is 6. The molecule has 0 saturated heterocycles. The molecule has 4 aliphatic rings. The van der Waals surface area contributed by atoms with E-state index in [4.69, 9.17) is 0 Å². The van der Waals surface area contributed by atoms with Crippen molar-refractivity contribution in [1.82, 2.24) is 40.1 Å². The van der Waals surface area contributed by atoms with Gasteiger partial charge in [-0.2, -0.15) is 10.2 Å². The average molecular weight is 625 g/mol. The van der Waals surface area contributed by atoms with Crippen molar-refractivity contribution < 1.29 is 0 Å². The van der Waals surface area contributed by atoms with Gasteiger partial charge in [0.1, 0.15) is 5.82 Å². The first kappa shape index (κ1) is 33.9. The summed E-state index contributed by atoms with van der Waals surface area (Å²) in [6.45, 7) is 17.3. The van der Waals surface area contributed by atoms with Crippen molar-refractivity contribution in [2.75, 3.05) is 0 Å². The largest absolute Gasteiger partial charge is 0.345 e. The van der Waals surface area contributed by atoms with Crippen molar-refractivity contribution in [1.29, 1.82) is 0 Å². The number of nitrogens with one attached hydrogen (secondary N) is 1. The van der Waals surface area contributed by atoms with Crippen molar-refractivity contribution in [3.05, 3.63) is 82.7 Å². The van der Waals surface area contributed by atoms with Crippen LogP contribution >= 0.6 is 0 Å². The Morgan fingerprint density at radius 2 is 1.24 bits per heavy atom. The molecule has 1 N–H and O–H groups in total. The highest BCUT2D eigenvalue weighted by Crippen LogP contribution is 2.41. The third-order valence-corrected chi connectivity index (χ3v) is 9.00. The summed E-state index contributed by atoms with van der Waals surface area (Å²) in [5.74, 6) is 5.66. The summed E-state index contributed by atoms with van der Waals surface area (Å²) in [7, 11) is 0. The van der Waals surface area contributed by atoms with Gasteiger partial charge in [0.15, 0.2) is 0 Å². The summed E-state index contributed by atoms with van der Waals surface area (Å²) in [5.41, 5.74) is 7.69. The summed E-state index contributed by atoms with van der Waals surface area (Å²) < 4.78 is 2.00. The predicted octanol–water partition coefficient (Wildman–Crippen LogP) is 9.71. The molecule has 8 nitrogen and oxygen atoms in total. The molecule has 46 heavy (non-hydrogen) atoms. The molecule has 4 aliphatic carbocycles. The van der Waals surface area contributed by atoms with E-state index in [1.165, 1.54) is 73.9 Å². The number of H-pyrrole nitrogens is 1. The lowest BCUT2D eigenvalue weighted by molar-refractivity contribution is 0.610. The molecule has 0 aliphatic heterocycles. The molecule has 8 heteroatoms. The van der Waals surface area contributed by atoms with Crippen LogP contribution in [0.1, 0.15) is 194 Å². The van der Waals surface area contributed by atoms with Crippen LogP contribution in [0.3, 0.4) is 0 Å². The monoisotopic (exact) mass is 624 g/mol. The quantitative estimate of drug-likeness (QED) is 0.210. The first-order valence-corrected chi connectivity index (χ1v) is 17.8. The zero-order valence-corrected chi connectivity index (χ0v) is 29.4. The molecule has 4 fully saturated rings. The lowest BCUT2D eigenvalue weighted by Crippen LogP contribution is -1.96. The molecular weight excluding hydrogens is 568 g/mol. The fourth-order valence-electron chi connectivity index (χ4n) is 5.09. The Balaban J connectivity index is 0.000000121. The first-order chi connectivity index (χ1) is 22.1. The normalized spacial score (nSPS) is 17.3. The smallest absolute Gasteiger partial charge is 0.108 e. The van der Waals surface area contributed by atoms with Gasteiger partial charge < -0.3 is 4.98 Å². The molecule has 4 heterocycles. The number of imidazole rings is 1. The second-order valence-electron chi connectivity index (χ2n) is 14.9. The first-order valence-electron chi connectivity index (χ1n) is 17.8. The summed E-state index contributed by atoms with van der Waals surface area (Å²) in [4.78, 5) is 12.0. The van der Waals surface area contributed by atoms with Gasteiger partial charge in [0.25, 0.3) is 0 Å². The van der Waals surface area contributed by atoms with Crippen molar-refractivity contribution in [3.63, 3.8) is 0 Å². The van der Waals surface area contributed by atoms with Crippen LogP contribution < -0.4 is 0 Å². The topological polar surface area (TPSA) is 98.1 Å². The number of aromatic amines is 1.